The average molecular weight is 377 g/mol. The molecule has 1 N–H and O–H groups in total. The van der Waals surface area contributed by atoms with Gasteiger partial charge in [0.05, 0.1) is 17.9 Å². The largest absolute Gasteiger partial charge is 0.369 e. The molecule has 0 amide bonds. The lowest BCUT2D eigenvalue weighted by atomic mass is 9.90. The van der Waals surface area contributed by atoms with Crippen LogP contribution in [0.4, 0.5) is 4.39 Å². The number of morpholine rings is 1. The van der Waals surface area contributed by atoms with E-state index in [2.05, 4.69) is 37.3 Å². The summed E-state index contributed by atoms with van der Waals surface area (Å²) < 4.78 is 20.3. The molecule has 1 aromatic rings. The molecule has 0 unspecified atom stereocenters. The lowest BCUT2D eigenvalue weighted by Gasteiger charge is -2.42. The predicted molar refractivity (Wildman–Crippen MR) is 113 cm³/mol. The average Bonchev–Trinajstić information content (AvgIpc) is 2.62. The van der Waals surface area contributed by atoms with Crippen LogP contribution in [0, 0.1) is 12.7 Å². The second-order valence-corrected chi connectivity index (χ2v) is 7.56. The van der Waals surface area contributed by atoms with Gasteiger partial charge in [-0.2, -0.15) is 0 Å². The van der Waals surface area contributed by atoms with Crippen molar-refractivity contribution >= 4 is 0 Å². The van der Waals surface area contributed by atoms with Crippen LogP contribution < -0.4 is 5.32 Å². The first-order chi connectivity index (χ1) is 12.9. The summed E-state index contributed by atoms with van der Waals surface area (Å²) in [4.78, 5) is 3.89. The van der Waals surface area contributed by atoms with Crippen molar-refractivity contribution in [2.24, 2.45) is 0 Å². The number of pyridine rings is 1. The molecule has 27 heavy (non-hydrogen) atoms. The Morgan fingerprint density at radius 2 is 2.00 bits per heavy atom. The fourth-order valence-corrected chi connectivity index (χ4v) is 3.57. The quantitative estimate of drug-likeness (QED) is 0.605. The Kier molecular flexibility index (Phi) is 10.5. The molecule has 1 saturated heterocycles. The number of halogens is 1. The minimum Gasteiger partial charge on any atom is -0.369 e. The van der Waals surface area contributed by atoms with Gasteiger partial charge in [0, 0.05) is 19.3 Å². The number of ether oxygens (including phenoxy) is 1. The number of nitrogens with zero attached hydrogens (tertiary/aromatic N) is 1. The molecule has 1 aliphatic heterocycles. The van der Waals surface area contributed by atoms with Gasteiger partial charge in [-0.1, -0.05) is 51.5 Å². The molecule has 1 aromatic heterocycles. The zero-order valence-corrected chi connectivity index (χ0v) is 17.6. The Labute approximate surface area is 165 Å². The van der Waals surface area contributed by atoms with Gasteiger partial charge in [-0.3, -0.25) is 4.98 Å². The summed E-state index contributed by atoms with van der Waals surface area (Å²) in [5.74, 6) is -0.197. The Morgan fingerprint density at radius 3 is 2.52 bits per heavy atom. The van der Waals surface area contributed by atoms with Crippen molar-refractivity contribution in [2.45, 2.75) is 77.9 Å². The van der Waals surface area contributed by atoms with Crippen molar-refractivity contribution in [2.75, 3.05) is 13.1 Å². The van der Waals surface area contributed by atoms with E-state index in [1.807, 2.05) is 13.8 Å². The highest BCUT2D eigenvalue weighted by Gasteiger charge is 2.35. The van der Waals surface area contributed by atoms with Gasteiger partial charge in [-0.05, 0) is 50.7 Å². The standard InChI is InChI=1S/C18H29FN2O.C5H8/c1-4-8-18(9-5-2)13-21-11-15(22-18)6-7-16-14(3)10-20-12-17(16)19;1-4-5(2)3/h10,12,15,21H,4-9,11,13H2,1-3H3;4H,1-2H2,3H3/t15-;/m1./s1. The van der Waals surface area contributed by atoms with E-state index in [1.54, 1.807) is 12.3 Å². The zero-order valence-electron chi connectivity index (χ0n) is 17.6. The van der Waals surface area contributed by atoms with Crippen LogP contribution in [0.15, 0.2) is 37.2 Å². The lowest BCUT2D eigenvalue weighted by Crippen LogP contribution is -2.53. The first-order valence-corrected chi connectivity index (χ1v) is 10.1. The molecule has 0 saturated carbocycles. The number of aryl methyl sites for hydroxylation is 1. The van der Waals surface area contributed by atoms with Crippen molar-refractivity contribution < 1.29 is 9.13 Å². The third-order valence-corrected chi connectivity index (χ3v) is 4.93. The minimum atomic E-state index is -0.197. The number of allylic oxidation sites excluding steroid dienone is 2. The molecule has 4 heteroatoms. The summed E-state index contributed by atoms with van der Waals surface area (Å²) in [6.45, 7) is 17.1. The third-order valence-electron chi connectivity index (χ3n) is 4.93. The van der Waals surface area contributed by atoms with Crippen LogP contribution >= 0.6 is 0 Å². The second-order valence-electron chi connectivity index (χ2n) is 7.56. The Bertz CT molecular complexity index is 568. The summed E-state index contributed by atoms with van der Waals surface area (Å²) in [5.41, 5.74) is 2.70. The Balaban J connectivity index is 0.000000646. The van der Waals surface area contributed by atoms with Crippen LogP contribution in [0.25, 0.3) is 0 Å². The smallest absolute Gasteiger partial charge is 0.144 e. The monoisotopic (exact) mass is 376 g/mol. The van der Waals surface area contributed by atoms with Crippen molar-refractivity contribution in [3.63, 3.8) is 0 Å². The molecule has 0 bridgehead atoms. The van der Waals surface area contributed by atoms with Crippen LogP contribution in [0.2, 0.25) is 0 Å². The third kappa shape index (κ3) is 7.94. The van der Waals surface area contributed by atoms with Crippen LogP contribution in [-0.2, 0) is 11.2 Å². The molecule has 0 radical (unpaired) electrons. The lowest BCUT2D eigenvalue weighted by molar-refractivity contribution is -0.127. The topological polar surface area (TPSA) is 34.2 Å². The molecular weight excluding hydrogens is 339 g/mol. The fourth-order valence-electron chi connectivity index (χ4n) is 3.57. The van der Waals surface area contributed by atoms with E-state index in [4.69, 9.17) is 4.74 Å². The molecule has 1 aliphatic rings. The summed E-state index contributed by atoms with van der Waals surface area (Å²) >= 11 is 0. The van der Waals surface area contributed by atoms with Crippen molar-refractivity contribution in [3.8, 4) is 0 Å². The molecule has 2 rings (SSSR count). The maximum absolute atomic E-state index is 13.9. The van der Waals surface area contributed by atoms with Crippen molar-refractivity contribution in [1.82, 2.24) is 10.3 Å². The van der Waals surface area contributed by atoms with E-state index in [1.165, 1.54) is 6.20 Å². The van der Waals surface area contributed by atoms with E-state index in [-0.39, 0.29) is 17.5 Å². The fraction of sp³-hybridized carbons (Fsp3) is 0.609. The van der Waals surface area contributed by atoms with E-state index < -0.39 is 0 Å². The number of rotatable bonds is 8. The number of hydrogen-bond acceptors (Lipinski definition) is 3. The van der Waals surface area contributed by atoms with Crippen LogP contribution in [-0.4, -0.2) is 29.8 Å². The molecule has 2 heterocycles. The maximum Gasteiger partial charge on any atom is 0.144 e. The van der Waals surface area contributed by atoms with E-state index in [9.17, 15) is 4.39 Å². The van der Waals surface area contributed by atoms with Gasteiger partial charge in [0.25, 0.3) is 0 Å². The van der Waals surface area contributed by atoms with Gasteiger partial charge in [-0.15, -0.1) is 0 Å². The molecular formula is C23H37FN2O. The number of nitrogens with one attached hydrogen (secondary N) is 1. The van der Waals surface area contributed by atoms with Gasteiger partial charge < -0.3 is 10.1 Å². The number of hydrogen-bond donors (Lipinski definition) is 1. The van der Waals surface area contributed by atoms with Crippen LogP contribution in [0.1, 0.15) is 64.0 Å². The minimum absolute atomic E-state index is 0.0295. The Hall–Kier alpha value is -1.52. The van der Waals surface area contributed by atoms with Crippen molar-refractivity contribution in [3.05, 3.63) is 54.1 Å². The molecule has 3 nitrogen and oxygen atoms in total. The first-order valence-electron chi connectivity index (χ1n) is 10.1. The highest BCUT2D eigenvalue weighted by Crippen LogP contribution is 2.29. The highest BCUT2D eigenvalue weighted by atomic mass is 19.1. The molecule has 0 aliphatic carbocycles. The van der Waals surface area contributed by atoms with Gasteiger partial charge in [0.1, 0.15) is 5.82 Å². The van der Waals surface area contributed by atoms with E-state index in [0.717, 1.165) is 61.9 Å². The van der Waals surface area contributed by atoms with Gasteiger partial charge in [0.2, 0.25) is 0 Å². The summed E-state index contributed by atoms with van der Waals surface area (Å²) in [5, 5.41) is 3.53. The molecule has 152 valence electrons. The number of aromatic nitrogens is 1. The van der Waals surface area contributed by atoms with E-state index in [0.29, 0.717) is 6.42 Å². The predicted octanol–water partition coefficient (Wildman–Crippen LogP) is 5.54. The van der Waals surface area contributed by atoms with Gasteiger partial charge in [-0.25, -0.2) is 4.39 Å². The van der Waals surface area contributed by atoms with Gasteiger partial charge in [0.15, 0.2) is 0 Å². The van der Waals surface area contributed by atoms with E-state index >= 15 is 0 Å². The molecule has 1 fully saturated rings. The zero-order chi connectivity index (χ0) is 20.3. The molecule has 0 aromatic carbocycles. The molecule has 0 spiro atoms. The van der Waals surface area contributed by atoms with Crippen LogP contribution in [0.5, 0.6) is 0 Å². The van der Waals surface area contributed by atoms with Crippen LogP contribution in [0.3, 0.4) is 0 Å². The highest BCUT2D eigenvalue weighted by molar-refractivity contribution is 5.23. The normalized spacial score (nSPS) is 18.3. The SMILES string of the molecule is C=CC(=C)C.CCCC1(CCC)CNC[C@@H](CCc2c(C)cncc2F)O1. The summed E-state index contributed by atoms with van der Waals surface area (Å²) in [6.07, 6.45) is 10.9. The first kappa shape index (κ1) is 23.5. The molecule has 1 atom stereocenters. The summed E-state index contributed by atoms with van der Waals surface area (Å²) in [7, 11) is 0. The second kappa shape index (κ2) is 12.0. The van der Waals surface area contributed by atoms with Crippen molar-refractivity contribution in [1.29, 1.82) is 0 Å². The maximum atomic E-state index is 13.9. The summed E-state index contributed by atoms with van der Waals surface area (Å²) in [6, 6.07) is 0. The van der Waals surface area contributed by atoms with Gasteiger partial charge >= 0.3 is 0 Å². The Morgan fingerprint density at radius 1 is 1.37 bits per heavy atom.